The van der Waals surface area contributed by atoms with E-state index < -0.39 is 23.5 Å². The predicted molar refractivity (Wildman–Crippen MR) is 79.4 cm³/mol. The summed E-state index contributed by atoms with van der Waals surface area (Å²) in [4.78, 5) is 2.05. The molecule has 1 atom stereocenters. The normalized spacial score (nSPS) is 13.5. The molecule has 2 N–H and O–H groups in total. The van der Waals surface area contributed by atoms with Gasteiger partial charge in [0.1, 0.15) is 5.82 Å². The summed E-state index contributed by atoms with van der Waals surface area (Å²) < 4.78 is 40.5. The Kier molecular flexibility index (Phi) is 6.68. The molecule has 0 heterocycles. The van der Waals surface area contributed by atoms with Crippen LogP contribution in [0.2, 0.25) is 0 Å². The van der Waals surface area contributed by atoms with Gasteiger partial charge in [-0.3, -0.25) is 4.90 Å². The number of hydrogen-bond donors (Lipinski definition) is 1. The Labute approximate surface area is 125 Å². The van der Waals surface area contributed by atoms with Crippen molar-refractivity contribution in [1.29, 1.82) is 0 Å². The van der Waals surface area contributed by atoms with Gasteiger partial charge in [-0.15, -0.1) is 0 Å². The lowest BCUT2D eigenvalue weighted by atomic mass is 10.0. The first-order chi connectivity index (χ1) is 9.76. The lowest BCUT2D eigenvalue weighted by molar-refractivity contribution is 0.157. The molecular weight excluding hydrogens is 277 g/mol. The van der Waals surface area contributed by atoms with Crippen LogP contribution in [-0.2, 0) is 0 Å². The van der Waals surface area contributed by atoms with Crippen molar-refractivity contribution in [2.75, 3.05) is 19.6 Å². The van der Waals surface area contributed by atoms with Gasteiger partial charge in [0.2, 0.25) is 0 Å². The van der Waals surface area contributed by atoms with E-state index in [4.69, 9.17) is 5.73 Å². The smallest absolute Gasteiger partial charge is 0.161 e. The first-order valence-electron chi connectivity index (χ1n) is 7.34. The number of benzene rings is 1. The van der Waals surface area contributed by atoms with E-state index in [1.165, 1.54) is 0 Å². The summed E-state index contributed by atoms with van der Waals surface area (Å²) in [5.41, 5.74) is 5.91. The van der Waals surface area contributed by atoms with Gasteiger partial charge in [0.25, 0.3) is 0 Å². The van der Waals surface area contributed by atoms with Crippen LogP contribution in [-0.4, -0.2) is 24.5 Å². The summed E-state index contributed by atoms with van der Waals surface area (Å²) in [6, 6.07) is 1.07. The quantitative estimate of drug-likeness (QED) is 0.778. The molecule has 0 radical (unpaired) electrons. The van der Waals surface area contributed by atoms with Gasteiger partial charge in [-0.25, -0.2) is 13.2 Å². The van der Waals surface area contributed by atoms with E-state index in [0.29, 0.717) is 17.9 Å². The highest BCUT2D eigenvalue weighted by Crippen LogP contribution is 2.26. The van der Waals surface area contributed by atoms with Crippen LogP contribution in [0.25, 0.3) is 0 Å². The molecular formula is C16H25F3N2. The fourth-order valence-corrected chi connectivity index (χ4v) is 2.53. The average molecular weight is 302 g/mol. The van der Waals surface area contributed by atoms with E-state index in [2.05, 4.69) is 27.7 Å². The molecule has 0 saturated heterocycles. The molecule has 0 amide bonds. The van der Waals surface area contributed by atoms with Gasteiger partial charge >= 0.3 is 0 Å². The Morgan fingerprint density at radius 1 is 0.905 bits per heavy atom. The number of rotatable bonds is 7. The summed E-state index contributed by atoms with van der Waals surface area (Å²) in [6.45, 7) is 9.83. The number of nitrogens with two attached hydrogens (primary N) is 1. The van der Waals surface area contributed by atoms with Crippen LogP contribution >= 0.6 is 0 Å². The van der Waals surface area contributed by atoms with Gasteiger partial charge in [0, 0.05) is 31.3 Å². The van der Waals surface area contributed by atoms with Crippen molar-refractivity contribution in [2.24, 2.45) is 17.6 Å². The molecule has 21 heavy (non-hydrogen) atoms. The van der Waals surface area contributed by atoms with Gasteiger partial charge in [-0.2, -0.15) is 0 Å². The van der Waals surface area contributed by atoms with E-state index in [9.17, 15) is 13.2 Å². The molecule has 1 aromatic carbocycles. The van der Waals surface area contributed by atoms with Gasteiger partial charge in [-0.05, 0) is 17.9 Å². The topological polar surface area (TPSA) is 29.3 Å². The first kappa shape index (κ1) is 18.0. The first-order valence-corrected chi connectivity index (χ1v) is 7.34. The zero-order valence-electron chi connectivity index (χ0n) is 13.2. The van der Waals surface area contributed by atoms with E-state index in [1.54, 1.807) is 0 Å². The van der Waals surface area contributed by atoms with Crippen LogP contribution < -0.4 is 5.73 Å². The summed E-state index contributed by atoms with van der Waals surface area (Å²) in [7, 11) is 0. The van der Waals surface area contributed by atoms with Crippen LogP contribution in [0.3, 0.4) is 0 Å². The third-order valence-corrected chi connectivity index (χ3v) is 3.26. The highest BCUT2D eigenvalue weighted by atomic mass is 19.2. The van der Waals surface area contributed by atoms with Crippen LogP contribution in [0.15, 0.2) is 12.1 Å². The van der Waals surface area contributed by atoms with Crippen LogP contribution in [0.1, 0.15) is 39.3 Å². The van der Waals surface area contributed by atoms with Crippen molar-refractivity contribution in [3.05, 3.63) is 35.1 Å². The average Bonchev–Trinajstić information content (AvgIpc) is 2.34. The highest BCUT2D eigenvalue weighted by molar-refractivity contribution is 5.24. The minimum atomic E-state index is -1.17. The van der Waals surface area contributed by atoms with Crippen molar-refractivity contribution in [2.45, 2.75) is 33.7 Å². The fraction of sp³-hybridized carbons (Fsp3) is 0.625. The van der Waals surface area contributed by atoms with Crippen LogP contribution in [0.5, 0.6) is 0 Å². The van der Waals surface area contributed by atoms with Gasteiger partial charge in [0.05, 0.1) is 6.04 Å². The second kappa shape index (κ2) is 7.80. The molecule has 5 heteroatoms. The Balaban J connectivity index is 3.15. The lowest BCUT2D eigenvalue weighted by Gasteiger charge is -2.34. The maximum Gasteiger partial charge on any atom is 0.161 e. The molecule has 0 aliphatic heterocycles. The maximum atomic E-state index is 14.0. The Morgan fingerprint density at radius 2 is 1.38 bits per heavy atom. The Hall–Kier alpha value is -1.07. The third kappa shape index (κ3) is 5.00. The fourth-order valence-electron chi connectivity index (χ4n) is 2.53. The zero-order valence-corrected chi connectivity index (χ0v) is 13.2. The zero-order chi connectivity index (χ0) is 16.2. The highest BCUT2D eigenvalue weighted by Gasteiger charge is 2.25. The predicted octanol–water partition coefficient (Wildman–Crippen LogP) is 3.72. The van der Waals surface area contributed by atoms with Crippen molar-refractivity contribution >= 4 is 0 Å². The van der Waals surface area contributed by atoms with Gasteiger partial charge < -0.3 is 5.73 Å². The Bertz CT molecular complexity index is 451. The van der Waals surface area contributed by atoms with Crippen molar-refractivity contribution in [3.8, 4) is 0 Å². The molecule has 2 nitrogen and oxygen atoms in total. The molecule has 1 rings (SSSR count). The second-order valence-electron chi connectivity index (χ2n) is 6.28. The molecule has 1 unspecified atom stereocenters. The summed E-state index contributed by atoms with van der Waals surface area (Å²) in [5.74, 6) is -2.23. The molecule has 0 fully saturated rings. The summed E-state index contributed by atoms with van der Waals surface area (Å²) in [5, 5.41) is 0. The maximum absolute atomic E-state index is 14.0. The van der Waals surface area contributed by atoms with E-state index in [-0.39, 0.29) is 12.1 Å². The summed E-state index contributed by atoms with van der Waals surface area (Å²) in [6.07, 6.45) is 0. The largest absolute Gasteiger partial charge is 0.329 e. The van der Waals surface area contributed by atoms with Gasteiger partial charge in [0.15, 0.2) is 11.6 Å². The van der Waals surface area contributed by atoms with E-state index in [0.717, 1.165) is 19.2 Å². The monoisotopic (exact) mass is 302 g/mol. The van der Waals surface area contributed by atoms with Gasteiger partial charge in [-0.1, -0.05) is 27.7 Å². The van der Waals surface area contributed by atoms with Crippen LogP contribution in [0.4, 0.5) is 13.2 Å². The third-order valence-electron chi connectivity index (χ3n) is 3.26. The number of nitrogens with zero attached hydrogens (tertiary/aromatic N) is 1. The molecule has 0 aromatic heterocycles. The number of hydrogen-bond acceptors (Lipinski definition) is 2. The lowest BCUT2D eigenvalue weighted by Crippen LogP contribution is -2.39. The van der Waals surface area contributed by atoms with Crippen molar-refractivity contribution in [3.63, 3.8) is 0 Å². The van der Waals surface area contributed by atoms with E-state index in [1.807, 2.05) is 4.90 Å². The summed E-state index contributed by atoms with van der Waals surface area (Å²) >= 11 is 0. The minimum Gasteiger partial charge on any atom is -0.329 e. The van der Waals surface area contributed by atoms with Crippen molar-refractivity contribution in [1.82, 2.24) is 4.90 Å². The van der Waals surface area contributed by atoms with Crippen molar-refractivity contribution < 1.29 is 13.2 Å². The minimum absolute atomic E-state index is 0.123. The molecule has 120 valence electrons. The molecule has 1 aromatic rings. The molecule has 0 aliphatic rings. The molecule has 0 saturated carbocycles. The van der Waals surface area contributed by atoms with Crippen LogP contribution in [0, 0.1) is 29.3 Å². The molecule has 0 spiro atoms. The standard InChI is InChI=1S/C16H25F3N2/c1-10(2)8-21(9-11(3)4)16(7-20)12-5-14(18)15(19)6-13(12)17/h5-6,10-11,16H,7-9,20H2,1-4H3. The van der Waals surface area contributed by atoms with E-state index >= 15 is 0 Å². The molecule has 0 bridgehead atoms. The number of halogens is 3. The second-order valence-corrected chi connectivity index (χ2v) is 6.28. The Morgan fingerprint density at radius 3 is 1.81 bits per heavy atom. The molecule has 0 aliphatic carbocycles. The SMILES string of the molecule is CC(C)CN(CC(C)C)C(CN)c1cc(F)c(F)cc1F.